The molecule has 0 fully saturated rings. The van der Waals surface area contributed by atoms with Gasteiger partial charge in [0.15, 0.2) is 11.5 Å². The summed E-state index contributed by atoms with van der Waals surface area (Å²) in [5.41, 5.74) is 1.85. The van der Waals surface area contributed by atoms with Crippen LogP contribution >= 0.6 is 23.1 Å². The highest BCUT2D eigenvalue weighted by Gasteiger charge is 2.16. The van der Waals surface area contributed by atoms with Crippen molar-refractivity contribution in [2.75, 3.05) is 27.8 Å². The molecule has 6 heteroatoms. The zero-order valence-corrected chi connectivity index (χ0v) is 18.5. The Morgan fingerprint density at radius 1 is 1.03 bits per heavy atom. The van der Waals surface area contributed by atoms with Crippen molar-refractivity contribution in [3.8, 4) is 11.5 Å². The molecule has 3 rings (SSSR count). The molecule has 1 amide bonds. The maximum Gasteiger partial charge on any atom is 0.254 e. The van der Waals surface area contributed by atoms with Crippen LogP contribution in [0.3, 0.4) is 0 Å². The molecule has 1 aromatic heterocycles. The number of nitrogens with zero attached hydrogens (tertiary/aromatic N) is 1. The Morgan fingerprint density at radius 2 is 1.83 bits per heavy atom. The first-order chi connectivity index (χ1) is 14.1. The van der Waals surface area contributed by atoms with Gasteiger partial charge in [0.05, 0.1) is 19.8 Å². The summed E-state index contributed by atoms with van der Waals surface area (Å²) in [5, 5.41) is 2.08. The largest absolute Gasteiger partial charge is 0.493 e. The minimum Gasteiger partial charge on any atom is -0.493 e. The second kappa shape index (κ2) is 10.4. The Bertz CT molecular complexity index is 941. The molecule has 0 radical (unpaired) electrons. The second-order valence-electron chi connectivity index (χ2n) is 6.53. The van der Waals surface area contributed by atoms with Crippen LogP contribution in [0.2, 0.25) is 0 Å². The minimum absolute atomic E-state index is 0.0414. The fourth-order valence-corrected chi connectivity index (χ4v) is 4.77. The van der Waals surface area contributed by atoms with Crippen molar-refractivity contribution >= 4 is 29.0 Å². The van der Waals surface area contributed by atoms with E-state index in [4.69, 9.17) is 9.47 Å². The van der Waals surface area contributed by atoms with Gasteiger partial charge in [-0.3, -0.25) is 4.79 Å². The molecule has 4 nitrogen and oxygen atoms in total. The number of methoxy groups -OCH3 is 2. The van der Waals surface area contributed by atoms with E-state index in [2.05, 4.69) is 17.5 Å². The molecule has 0 aliphatic rings. The van der Waals surface area contributed by atoms with E-state index < -0.39 is 0 Å². The maximum atomic E-state index is 13.0. The molecule has 3 aromatic rings. The molecule has 1 heterocycles. The van der Waals surface area contributed by atoms with Crippen molar-refractivity contribution < 1.29 is 14.3 Å². The number of carbonyl (C=O) groups excluding carboxylic acids is 1. The van der Waals surface area contributed by atoms with Crippen LogP contribution < -0.4 is 9.47 Å². The fraction of sp³-hybridized carbons (Fsp3) is 0.261. The molecule has 29 heavy (non-hydrogen) atoms. The van der Waals surface area contributed by atoms with E-state index in [0.29, 0.717) is 18.0 Å². The molecule has 0 aliphatic carbocycles. The predicted molar refractivity (Wildman–Crippen MR) is 121 cm³/mol. The fourth-order valence-electron chi connectivity index (χ4n) is 2.95. The molecule has 0 bridgehead atoms. The van der Waals surface area contributed by atoms with E-state index in [1.165, 1.54) is 4.88 Å². The molecule has 0 N–H and O–H groups in total. The number of carbonyl (C=O) groups is 1. The zero-order chi connectivity index (χ0) is 20.6. The van der Waals surface area contributed by atoms with Gasteiger partial charge in [-0.05, 0) is 47.7 Å². The first-order valence-electron chi connectivity index (χ1n) is 9.33. The zero-order valence-electron chi connectivity index (χ0n) is 16.9. The minimum atomic E-state index is 0.0414. The highest BCUT2D eigenvalue weighted by molar-refractivity contribution is 7.98. The summed E-state index contributed by atoms with van der Waals surface area (Å²) in [5.74, 6) is 2.32. The van der Waals surface area contributed by atoms with Crippen molar-refractivity contribution in [1.82, 2.24) is 4.90 Å². The van der Waals surface area contributed by atoms with Crippen molar-refractivity contribution in [2.45, 2.75) is 17.1 Å². The van der Waals surface area contributed by atoms with Crippen molar-refractivity contribution in [1.29, 1.82) is 0 Å². The van der Waals surface area contributed by atoms with E-state index in [1.54, 1.807) is 42.2 Å². The number of amides is 1. The van der Waals surface area contributed by atoms with Crippen LogP contribution in [0.5, 0.6) is 11.5 Å². The smallest absolute Gasteiger partial charge is 0.254 e. The average Bonchev–Trinajstić information content (AvgIpc) is 3.29. The standard InChI is InChI=1S/C23H25NO3S2/c1-24(13-12-17-10-11-20(26-2)21(15-17)27-3)23(25)19-8-4-5-9-22(19)29-16-18-7-6-14-28-18/h4-11,14-15H,12-13,16H2,1-3H3. The molecular formula is C23H25NO3S2. The Hall–Kier alpha value is -2.44. The molecular weight excluding hydrogens is 402 g/mol. The lowest BCUT2D eigenvalue weighted by atomic mass is 10.1. The predicted octanol–water partition coefficient (Wildman–Crippen LogP) is 5.37. The van der Waals surface area contributed by atoms with Crippen molar-refractivity contribution in [2.24, 2.45) is 0 Å². The lowest BCUT2D eigenvalue weighted by Crippen LogP contribution is -2.29. The van der Waals surface area contributed by atoms with E-state index in [1.807, 2.05) is 49.5 Å². The van der Waals surface area contributed by atoms with Gasteiger partial charge in [-0.15, -0.1) is 23.1 Å². The SMILES string of the molecule is COc1ccc(CCN(C)C(=O)c2ccccc2SCc2cccs2)cc1OC. The normalized spacial score (nSPS) is 10.6. The number of benzene rings is 2. The molecule has 0 saturated carbocycles. The Labute approximate surface area is 180 Å². The van der Waals surface area contributed by atoms with Crippen LogP contribution in [0, 0.1) is 0 Å². The van der Waals surface area contributed by atoms with Gasteiger partial charge < -0.3 is 14.4 Å². The number of likely N-dealkylation sites (N-methyl/N-ethyl adjacent to an activating group) is 1. The number of ether oxygens (including phenoxy) is 2. The van der Waals surface area contributed by atoms with E-state index in [-0.39, 0.29) is 5.91 Å². The third-order valence-electron chi connectivity index (χ3n) is 4.60. The summed E-state index contributed by atoms with van der Waals surface area (Å²) in [6, 6.07) is 17.9. The van der Waals surface area contributed by atoms with Gasteiger partial charge in [0.2, 0.25) is 0 Å². The lowest BCUT2D eigenvalue weighted by Gasteiger charge is -2.19. The maximum absolute atomic E-state index is 13.0. The van der Waals surface area contributed by atoms with Crippen LogP contribution in [-0.4, -0.2) is 38.6 Å². The van der Waals surface area contributed by atoms with Crippen molar-refractivity contribution in [3.05, 3.63) is 76.0 Å². The molecule has 0 saturated heterocycles. The number of rotatable bonds is 9. The van der Waals surface area contributed by atoms with Crippen LogP contribution in [0.4, 0.5) is 0 Å². The molecule has 0 aliphatic heterocycles. The molecule has 0 spiro atoms. The Balaban J connectivity index is 1.64. The Kier molecular flexibility index (Phi) is 7.61. The lowest BCUT2D eigenvalue weighted by molar-refractivity contribution is 0.0793. The van der Waals surface area contributed by atoms with Crippen LogP contribution in [-0.2, 0) is 12.2 Å². The summed E-state index contributed by atoms with van der Waals surface area (Å²) in [7, 11) is 5.10. The molecule has 2 aromatic carbocycles. The summed E-state index contributed by atoms with van der Waals surface area (Å²) in [6.07, 6.45) is 0.743. The number of hydrogen-bond acceptors (Lipinski definition) is 5. The highest BCUT2D eigenvalue weighted by atomic mass is 32.2. The third kappa shape index (κ3) is 5.55. The molecule has 152 valence electrons. The van der Waals surface area contributed by atoms with Gasteiger partial charge in [-0.2, -0.15) is 0 Å². The van der Waals surface area contributed by atoms with Crippen LogP contribution in [0.1, 0.15) is 20.8 Å². The second-order valence-corrected chi connectivity index (χ2v) is 8.58. The monoisotopic (exact) mass is 427 g/mol. The number of hydrogen-bond donors (Lipinski definition) is 0. The van der Waals surface area contributed by atoms with Gasteiger partial charge in [0.1, 0.15) is 0 Å². The highest BCUT2D eigenvalue weighted by Crippen LogP contribution is 2.29. The average molecular weight is 428 g/mol. The summed E-state index contributed by atoms with van der Waals surface area (Å²) in [4.78, 5) is 17.1. The third-order valence-corrected chi connectivity index (χ3v) is 6.78. The van der Waals surface area contributed by atoms with Gasteiger partial charge in [-0.1, -0.05) is 24.3 Å². The van der Waals surface area contributed by atoms with Crippen LogP contribution in [0.15, 0.2) is 64.9 Å². The van der Waals surface area contributed by atoms with Gasteiger partial charge in [-0.25, -0.2) is 0 Å². The van der Waals surface area contributed by atoms with Gasteiger partial charge >= 0.3 is 0 Å². The Morgan fingerprint density at radius 3 is 2.55 bits per heavy atom. The quantitative estimate of drug-likeness (QED) is 0.430. The first-order valence-corrected chi connectivity index (χ1v) is 11.2. The summed E-state index contributed by atoms with van der Waals surface area (Å²) in [6.45, 7) is 0.623. The van der Waals surface area contributed by atoms with E-state index in [9.17, 15) is 4.79 Å². The molecule has 0 atom stereocenters. The summed E-state index contributed by atoms with van der Waals surface area (Å²) >= 11 is 3.45. The molecule has 0 unspecified atom stereocenters. The van der Waals surface area contributed by atoms with E-state index in [0.717, 1.165) is 28.2 Å². The number of thiophene rings is 1. The van der Waals surface area contributed by atoms with Crippen molar-refractivity contribution in [3.63, 3.8) is 0 Å². The summed E-state index contributed by atoms with van der Waals surface area (Å²) < 4.78 is 10.7. The van der Waals surface area contributed by atoms with Crippen LogP contribution in [0.25, 0.3) is 0 Å². The first kappa shape index (κ1) is 21.3. The number of thioether (sulfide) groups is 1. The van der Waals surface area contributed by atoms with Gasteiger partial charge in [0.25, 0.3) is 5.91 Å². The van der Waals surface area contributed by atoms with Gasteiger partial charge in [0, 0.05) is 29.1 Å². The topological polar surface area (TPSA) is 38.8 Å². The van der Waals surface area contributed by atoms with E-state index >= 15 is 0 Å².